The molecule has 0 spiro atoms. The third-order valence-corrected chi connectivity index (χ3v) is 3.34. The minimum Gasteiger partial charge on any atom is -0.384 e. The van der Waals surface area contributed by atoms with Gasteiger partial charge < -0.3 is 10.6 Å². The van der Waals surface area contributed by atoms with Gasteiger partial charge >= 0.3 is 0 Å². The topological polar surface area (TPSA) is 54.0 Å². The fourth-order valence-electron chi connectivity index (χ4n) is 2.32. The van der Waals surface area contributed by atoms with Crippen molar-refractivity contribution < 1.29 is 4.79 Å². The van der Waals surface area contributed by atoms with Crippen LogP contribution in [0.4, 0.5) is 11.4 Å². The molecule has 0 radical (unpaired) electrons. The van der Waals surface area contributed by atoms with Crippen molar-refractivity contribution in [2.24, 2.45) is 0 Å². The molecule has 0 unspecified atom stereocenters. The summed E-state index contributed by atoms with van der Waals surface area (Å²) in [6, 6.07) is 7.83. The maximum atomic E-state index is 12.3. The molecule has 2 N–H and O–H groups in total. The third-order valence-electron chi connectivity index (χ3n) is 3.34. The predicted molar refractivity (Wildman–Crippen MR) is 91.5 cm³/mol. The molecule has 0 atom stereocenters. The molecular formula is C18H23N3O. The lowest BCUT2D eigenvalue weighted by Crippen LogP contribution is -2.13. The Bertz CT molecular complexity index is 632. The van der Waals surface area contributed by atoms with Gasteiger partial charge in [-0.1, -0.05) is 19.4 Å². The Morgan fingerprint density at radius 1 is 1.05 bits per heavy atom. The average molecular weight is 297 g/mol. The van der Waals surface area contributed by atoms with Crippen LogP contribution in [-0.4, -0.2) is 17.4 Å². The lowest BCUT2D eigenvalue weighted by molar-refractivity contribution is 0.102. The zero-order valence-electron chi connectivity index (χ0n) is 13.4. The standard InChI is InChI=1S/C18H23N3O/c1-4-5-6-20-17-10-15(11-19-12-17)18(22)21-16-8-13(2)7-14(3)9-16/h7-12,20H,4-6H2,1-3H3,(H,21,22). The van der Waals surface area contributed by atoms with Crippen LogP contribution in [0, 0.1) is 13.8 Å². The summed E-state index contributed by atoms with van der Waals surface area (Å²) >= 11 is 0. The Morgan fingerprint density at radius 2 is 1.77 bits per heavy atom. The molecule has 0 saturated carbocycles. The number of rotatable bonds is 6. The van der Waals surface area contributed by atoms with E-state index in [9.17, 15) is 4.79 Å². The van der Waals surface area contributed by atoms with Gasteiger partial charge in [-0.3, -0.25) is 9.78 Å². The van der Waals surface area contributed by atoms with E-state index >= 15 is 0 Å². The van der Waals surface area contributed by atoms with Gasteiger partial charge in [-0.2, -0.15) is 0 Å². The lowest BCUT2D eigenvalue weighted by Gasteiger charge is -2.09. The number of hydrogen-bond acceptors (Lipinski definition) is 3. The second-order valence-electron chi connectivity index (χ2n) is 5.57. The Hall–Kier alpha value is -2.36. The van der Waals surface area contributed by atoms with Gasteiger partial charge in [0.1, 0.15) is 0 Å². The molecule has 1 heterocycles. The van der Waals surface area contributed by atoms with Gasteiger partial charge in [-0.25, -0.2) is 0 Å². The molecule has 4 nitrogen and oxygen atoms in total. The molecule has 4 heteroatoms. The first kappa shape index (κ1) is 16.0. The minimum atomic E-state index is -0.142. The van der Waals surface area contributed by atoms with Crippen molar-refractivity contribution in [3.63, 3.8) is 0 Å². The highest BCUT2D eigenvalue weighted by atomic mass is 16.1. The Kier molecular flexibility index (Phi) is 5.53. The number of nitrogens with zero attached hydrogens (tertiary/aromatic N) is 1. The Balaban J connectivity index is 2.07. The number of carbonyl (C=O) groups excluding carboxylic acids is 1. The van der Waals surface area contributed by atoms with E-state index in [0.717, 1.165) is 41.9 Å². The fourth-order valence-corrected chi connectivity index (χ4v) is 2.32. The lowest BCUT2D eigenvalue weighted by atomic mass is 10.1. The first-order valence-corrected chi connectivity index (χ1v) is 7.67. The number of anilines is 2. The largest absolute Gasteiger partial charge is 0.384 e. The second-order valence-corrected chi connectivity index (χ2v) is 5.57. The molecule has 0 aliphatic heterocycles. The molecule has 0 saturated heterocycles. The summed E-state index contributed by atoms with van der Waals surface area (Å²) in [5.74, 6) is -0.142. The van der Waals surface area contributed by atoms with E-state index in [4.69, 9.17) is 0 Å². The number of nitrogens with one attached hydrogen (secondary N) is 2. The molecule has 116 valence electrons. The van der Waals surface area contributed by atoms with Gasteiger partial charge in [0.2, 0.25) is 0 Å². The third kappa shape index (κ3) is 4.58. The molecule has 2 rings (SSSR count). The number of hydrogen-bond donors (Lipinski definition) is 2. The van der Waals surface area contributed by atoms with Crippen molar-refractivity contribution in [3.05, 3.63) is 53.3 Å². The summed E-state index contributed by atoms with van der Waals surface area (Å²) in [5.41, 5.74) is 4.50. The van der Waals surface area contributed by atoms with Crippen LogP contribution in [0.2, 0.25) is 0 Å². The van der Waals surface area contributed by atoms with Crippen molar-refractivity contribution >= 4 is 17.3 Å². The molecule has 2 aromatic rings. The number of unbranched alkanes of at least 4 members (excludes halogenated alkanes) is 1. The molecule has 0 bridgehead atoms. The number of pyridine rings is 1. The number of amides is 1. The van der Waals surface area contributed by atoms with E-state index in [1.165, 1.54) is 0 Å². The summed E-state index contributed by atoms with van der Waals surface area (Å²) < 4.78 is 0. The minimum absolute atomic E-state index is 0.142. The van der Waals surface area contributed by atoms with Crippen molar-refractivity contribution in [1.82, 2.24) is 4.98 Å². The van der Waals surface area contributed by atoms with Crippen molar-refractivity contribution in [2.75, 3.05) is 17.2 Å². The van der Waals surface area contributed by atoms with Gasteiger partial charge in [0.15, 0.2) is 0 Å². The van der Waals surface area contributed by atoms with E-state index in [0.29, 0.717) is 5.56 Å². The first-order valence-electron chi connectivity index (χ1n) is 7.67. The van der Waals surface area contributed by atoms with Gasteiger partial charge in [0.25, 0.3) is 5.91 Å². The fraction of sp³-hybridized carbons (Fsp3) is 0.333. The van der Waals surface area contributed by atoms with Crippen LogP contribution in [0.1, 0.15) is 41.3 Å². The van der Waals surface area contributed by atoms with E-state index in [2.05, 4.69) is 28.6 Å². The maximum Gasteiger partial charge on any atom is 0.257 e. The van der Waals surface area contributed by atoms with E-state index in [1.54, 1.807) is 12.4 Å². The molecule has 1 aromatic heterocycles. The zero-order valence-corrected chi connectivity index (χ0v) is 13.4. The highest BCUT2D eigenvalue weighted by Crippen LogP contribution is 2.16. The smallest absolute Gasteiger partial charge is 0.257 e. The van der Waals surface area contributed by atoms with Crippen molar-refractivity contribution in [2.45, 2.75) is 33.6 Å². The molecule has 0 aliphatic rings. The Morgan fingerprint density at radius 3 is 2.45 bits per heavy atom. The SMILES string of the molecule is CCCCNc1cncc(C(=O)Nc2cc(C)cc(C)c2)c1. The molecular weight excluding hydrogens is 274 g/mol. The predicted octanol–water partition coefficient (Wildman–Crippen LogP) is 4.16. The van der Waals surface area contributed by atoms with Crippen LogP contribution in [-0.2, 0) is 0 Å². The van der Waals surface area contributed by atoms with E-state index in [1.807, 2.05) is 32.0 Å². The molecule has 22 heavy (non-hydrogen) atoms. The number of carbonyl (C=O) groups is 1. The van der Waals surface area contributed by atoms with Crippen LogP contribution in [0.25, 0.3) is 0 Å². The summed E-state index contributed by atoms with van der Waals surface area (Å²) in [5, 5.41) is 6.21. The number of benzene rings is 1. The summed E-state index contributed by atoms with van der Waals surface area (Å²) in [6.45, 7) is 7.07. The van der Waals surface area contributed by atoms with Gasteiger partial charge in [-0.15, -0.1) is 0 Å². The summed E-state index contributed by atoms with van der Waals surface area (Å²) in [7, 11) is 0. The maximum absolute atomic E-state index is 12.3. The van der Waals surface area contributed by atoms with Crippen LogP contribution < -0.4 is 10.6 Å². The van der Waals surface area contributed by atoms with Crippen LogP contribution >= 0.6 is 0 Å². The normalized spacial score (nSPS) is 10.3. The summed E-state index contributed by atoms with van der Waals surface area (Å²) in [4.78, 5) is 16.5. The first-order chi connectivity index (χ1) is 10.6. The van der Waals surface area contributed by atoms with Crippen molar-refractivity contribution in [1.29, 1.82) is 0 Å². The quantitative estimate of drug-likeness (QED) is 0.787. The zero-order chi connectivity index (χ0) is 15.9. The monoisotopic (exact) mass is 297 g/mol. The number of aryl methyl sites for hydroxylation is 2. The molecule has 1 amide bonds. The van der Waals surface area contributed by atoms with E-state index in [-0.39, 0.29) is 5.91 Å². The van der Waals surface area contributed by atoms with Gasteiger partial charge in [-0.05, 0) is 49.6 Å². The van der Waals surface area contributed by atoms with Crippen molar-refractivity contribution in [3.8, 4) is 0 Å². The second kappa shape index (κ2) is 7.59. The molecule has 0 aliphatic carbocycles. The molecule has 1 aromatic carbocycles. The van der Waals surface area contributed by atoms with Crippen LogP contribution in [0.15, 0.2) is 36.7 Å². The van der Waals surface area contributed by atoms with Gasteiger partial charge in [0, 0.05) is 24.6 Å². The molecule has 0 fully saturated rings. The van der Waals surface area contributed by atoms with Crippen LogP contribution in [0.3, 0.4) is 0 Å². The number of aromatic nitrogens is 1. The van der Waals surface area contributed by atoms with Gasteiger partial charge in [0.05, 0.1) is 11.3 Å². The van der Waals surface area contributed by atoms with Crippen LogP contribution in [0.5, 0.6) is 0 Å². The Labute approximate surface area is 132 Å². The van der Waals surface area contributed by atoms with E-state index < -0.39 is 0 Å². The average Bonchev–Trinajstić information content (AvgIpc) is 2.47. The highest BCUT2D eigenvalue weighted by Gasteiger charge is 2.08. The summed E-state index contributed by atoms with van der Waals surface area (Å²) in [6.07, 6.45) is 5.55. The highest BCUT2D eigenvalue weighted by molar-refractivity contribution is 6.04.